The molecule has 202 valence electrons. The van der Waals surface area contributed by atoms with Gasteiger partial charge in [0.15, 0.2) is 0 Å². The molecule has 0 amide bonds. The second-order valence-corrected chi connectivity index (χ2v) is 9.47. The maximum Gasteiger partial charge on any atom is 0.115 e. The van der Waals surface area contributed by atoms with Crippen LogP contribution in [0.3, 0.4) is 0 Å². The summed E-state index contributed by atoms with van der Waals surface area (Å²) in [5.41, 5.74) is 6.61. The Hall–Kier alpha value is -6.10. The van der Waals surface area contributed by atoms with Gasteiger partial charge < -0.3 is 20.4 Å². The summed E-state index contributed by atoms with van der Waals surface area (Å²) in [6, 6.07) is 31.3. The third-order valence-electron chi connectivity index (χ3n) is 6.34. The van der Waals surface area contributed by atoms with E-state index in [4.69, 9.17) is 0 Å². The average Bonchev–Trinajstić information content (AvgIpc) is 3.00. The zero-order valence-corrected chi connectivity index (χ0v) is 22.5. The molecule has 4 heteroatoms. The van der Waals surface area contributed by atoms with Gasteiger partial charge in [0.1, 0.15) is 23.0 Å². The van der Waals surface area contributed by atoms with Gasteiger partial charge in [0.2, 0.25) is 0 Å². The number of phenols is 4. The minimum atomic E-state index is 0.177. The van der Waals surface area contributed by atoms with Crippen molar-refractivity contribution in [1.82, 2.24) is 0 Å². The molecule has 0 aromatic heterocycles. The molecular weight excluding hydrogens is 520 g/mol. The van der Waals surface area contributed by atoms with E-state index in [-0.39, 0.29) is 23.0 Å². The van der Waals surface area contributed by atoms with Crippen molar-refractivity contribution in [3.05, 3.63) is 154 Å². The zero-order valence-electron chi connectivity index (χ0n) is 22.5. The molecule has 0 radical (unpaired) electrons. The van der Waals surface area contributed by atoms with Gasteiger partial charge in [0.25, 0.3) is 0 Å². The molecule has 4 N–H and O–H groups in total. The number of benzene rings is 5. The number of aromatic hydroxyl groups is 4. The highest BCUT2D eigenvalue weighted by atomic mass is 16.3. The largest absolute Gasteiger partial charge is 0.508 e. The van der Waals surface area contributed by atoms with Crippen molar-refractivity contribution in [1.29, 1.82) is 0 Å². The molecule has 0 aliphatic rings. The second-order valence-electron chi connectivity index (χ2n) is 9.47. The molecule has 0 saturated carbocycles. The Morgan fingerprint density at radius 2 is 0.667 bits per heavy atom. The maximum absolute atomic E-state index is 9.66. The van der Waals surface area contributed by atoms with Crippen LogP contribution in [0.15, 0.2) is 109 Å². The molecule has 0 bridgehead atoms. The Morgan fingerprint density at radius 1 is 0.357 bits per heavy atom. The lowest BCUT2D eigenvalue weighted by Gasteiger charge is -2.07. The van der Waals surface area contributed by atoms with Gasteiger partial charge in [-0.3, -0.25) is 0 Å². The van der Waals surface area contributed by atoms with E-state index in [1.165, 1.54) is 0 Å². The molecule has 5 rings (SSSR count). The monoisotopic (exact) mass is 546 g/mol. The molecule has 0 saturated heterocycles. The number of rotatable bonds is 4. The lowest BCUT2D eigenvalue weighted by Crippen LogP contribution is -1.91. The topological polar surface area (TPSA) is 80.9 Å². The first kappa shape index (κ1) is 27.5. The SMILES string of the molecule is Oc1ccc(C#Cc2cc(/C=C/c3ccc(O)cc3)c(C#Cc3ccc(O)cc3)cc2/C=C/c2ccc(O)cc2)cc1. The van der Waals surface area contributed by atoms with E-state index in [0.29, 0.717) is 0 Å². The summed E-state index contributed by atoms with van der Waals surface area (Å²) in [7, 11) is 0. The fourth-order valence-corrected chi connectivity index (χ4v) is 4.04. The van der Waals surface area contributed by atoms with Crippen molar-refractivity contribution >= 4 is 24.3 Å². The first-order valence-electron chi connectivity index (χ1n) is 13.2. The van der Waals surface area contributed by atoms with Crippen molar-refractivity contribution in [2.75, 3.05) is 0 Å². The maximum atomic E-state index is 9.66. The lowest BCUT2D eigenvalue weighted by atomic mass is 9.96. The predicted molar refractivity (Wildman–Crippen MR) is 169 cm³/mol. The van der Waals surface area contributed by atoms with Crippen LogP contribution in [-0.4, -0.2) is 20.4 Å². The van der Waals surface area contributed by atoms with Crippen molar-refractivity contribution in [2.45, 2.75) is 0 Å². The quantitative estimate of drug-likeness (QED) is 0.138. The first-order chi connectivity index (χ1) is 20.4. The molecule has 0 fully saturated rings. The highest BCUT2D eigenvalue weighted by molar-refractivity contribution is 5.79. The molecule has 0 aliphatic carbocycles. The molecular formula is C38H26O4. The van der Waals surface area contributed by atoms with Gasteiger partial charge in [-0.05, 0) is 107 Å². The zero-order chi connectivity index (χ0) is 29.3. The molecule has 5 aromatic rings. The molecule has 0 aliphatic heterocycles. The highest BCUT2D eigenvalue weighted by Gasteiger charge is 2.06. The van der Waals surface area contributed by atoms with Gasteiger partial charge in [0.05, 0.1) is 0 Å². The molecule has 0 heterocycles. The third-order valence-corrected chi connectivity index (χ3v) is 6.34. The fourth-order valence-electron chi connectivity index (χ4n) is 4.04. The minimum absolute atomic E-state index is 0.177. The Kier molecular flexibility index (Phi) is 8.39. The summed E-state index contributed by atoms with van der Waals surface area (Å²) in [5, 5.41) is 38.6. The van der Waals surface area contributed by atoms with Crippen LogP contribution in [0.4, 0.5) is 0 Å². The minimum Gasteiger partial charge on any atom is -0.508 e. The predicted octanol–water partition coefficient (Wildman–Crippen LogP) is 7.65. The van der Waals surface area contributed by atoms with Crippen LogP contribution >= 0.6 is 0 Å². The van der Waals surface area contributed by atoms with Gasteiger partial charge in [-0.15, -0.1) is 0 Å². The summed E-state index contributed by atoms with van der Waals surface area (Å²) in [6.07, 6.45) is 7.83. The van der Waals surface area contributed by atoms with Crippen LogP contribution in [0.25, 0.3) is 24.3 Å². The van der Waals surface area contributed by atoms with E-state index < -0.39 is 0 Å². The van der Waals surface area contributed by atoms with Crippen LogP contribution < -0.4 is 0 Å². The first-order valence-corrected chi connectivity index (χ1v) is 13.2. The summed E-state index contributed by atoms with van der Waals surface area (Å²) >= 11 is 0. The fraction of sp³-hybridized carbons (Fsp3) is 0. The van der Waals surface area contributed by atoms with Gasteiger partial charge in [-0.2, -0.15) is 0 Å². The molecule has 0 atom stereocenters. The van der Waals surface area contributed by atoms with Crippen molar-refractivity contribution in [3.8, 4) is 46.7 Å². The number of hydrogen-bond donors (Lipinski definition) is 4. The van der Waals surface area contributed by atoms with Crippen LogP contribution in [0.1, 0.15) is 44.5 Å². The van der Waals surface area contributed by atoms with E-state index in [2.05, 4.69) is 23.7 Å². The van der Waals surface area contributed by atoms with Crippen molar-refractivity contribution < 1.29 is 20.4 Å². The summed E-state index contributed by atoms with van der Waals surface area (Å²) < 4.78 is 0. The van der Waals surface area contributed by atoms with Crippen LogP contribution in [-0.2, 0) is 0 Å². The lowest BCUT2D eigenvalue weighted by molar-refractivity contribution is 0.474. The van der Waals surface area contributed by atoms with Crippen molar-refractivity contribution in [2.24, 2.45) is 0 Å². The summed E-state index contributed by atoms with van der Waals surface area (Å²) in [4.78, 5) is 0. The average molecular weight is 547 g/mol. The van der Waals surface area contributed by atoms with Crippen LogP contribution in [0, 0.1) is 23.7 Å². The van der Waals surface area contributed by atoms with Crippen LogP contribution in [0.5, 0.6) is 23.0 Å². The van der Waals surface area contributed by atoms with Gasteiger partial charge in [-0.25, -0.2) is 0 Å². The number of phenolic OH excluding ortho intramolecular Hbond substituents is 4. The molecule has 4 nitrogen and oxygen atoms in total. The summed E-state index contributed by atoms with van der Waals surface area (Å²) in [5.74, 6) is 13.7. The highest BCUT2D eigenvalue weighted by Crippen LogP contribution is 2.23. The van der Waals surface area contributed by atoms with Crippen LogP contribution in [0.2, 0.25) is 0 Å². The van der Waals surface area contributed by atoms with Gasteiger partial charge in [-0.1, -0.05) is 72.3 Å². The Balaban J connectivity index is 1.63. The van der Waals surface area contributed by atoms with E-state index in [9.17, 15) is 20.4 Å². The Bertz CT molecular complexity index is 1730. The van der Waals surface area contributed by atoms with E-state index in [0.717, 1.165) is 44.5 Å². The van der Waals surface area contributed by atoms with Gasteiger partial charge >= 0.3 is 0 Å². The molecule has 42 heavy (non-hydrogen) atoms. The van der Waals surface area contributed by atoms with E-state index >= 15 is 0 Å². The molecule has 5 aromatic carbocycles. The van der Waals surface area contributed by atoms with E-state index in [1.54, 1.807) is 72.8 Å². The molecule has 0 unspecified atom stereocenters. The Morgan fingerprint density at radius 3 is 1.00 bits per heavy atom. The smallest absolute Gasteiger partial charge is 0.115 e. The summed E-state index contributed by atoms with van der Waals surface area (Å²) in [6.45, 7) is 0. The third kappa shape index (κ3) is 7.51. The Labute approximate surface area is 244 Å². The normalized spacial score (nSPS) is 10.7. The molecule has 0 spiro atoms. The second kappa shape index (κ2) is 12.8. The van der Waals surface area contributed by atoms with Crippen molar-refractivity contribution in [3.63, 3.8) is 0 Å². The standard InChI is InChI=1S/C38H26O4/c39-35-17-5-27(6-18-35)1-13-31-25-33(15-3-29-9-21-37(41)22-10-29)34(16-4-30-11-23-38(42)24-12-30)26-32(31)14-2-28-7-19-36(40)20-8-28/h1,4-13,16-26,39-42H/b13-1+,16-4+. The number of hydrogen-bond acceptors (Lipinski definition) is 4. The van der Waals surface area contributed by atoms with E-state index in [1.807, 2.05) is 60.7 Å². The van der Waals surface area contributed by atoms with Gasteiger partial charge in [0, 0.05) is 22.3 Å².